The van der Waals surface area contributed by atoms with E-state index in [1.165, 1.54) is 42.5 Å². The van der Waals surface area contributed by atoms with Gasteiger partial charge in [0.1, 0.15) is 0 Å². The van der Waals surface area contributed by atoms with Crippen LogP contribution in [0.3, 0.4) is 0 Å². The van der Waals surface area contributed by atoms with Gasteiger partial charge in [0.2, 0.25) is 0 Å². The summed E-state index contributed by atoms with van der Waals surface area (Å²) in [5, 5.41) is 0. The molecule has 0 atom stereocenters. The number of hydrogen-bond acceptors (Lipinski definition) is 9. The molecule has 1 nitrogen and oxygen atoms in total. The summed E-state index contributed by atoms with van der Waals surface area (Å²) < 4.78 is 8.91. The molecule has 4 rings (SSSR count). The molecule has 0 saturated carbocycles. The molecule has 0 fully saturated rings. The van der Waals surface area contributed by atoms with Crippen LogP contribution in [-0.4, -0.2) is 22.7 Å². The molecule has 1 aromatic heterocycles. The summed E-state index contributed by atoms with van der Waals surface area (Å²) in [6, 6.07) is 4.17. The lowest BCUT2D eigenvalue weighted by atomic mass is 10.3. The second-order valence-corrected chi connectivity index (χ2v) is 14.3. The Morgan fingerprint density at radius 1 is 0.958 bits per heavy atom. The van der Waals surface area contributed by atoms with Crippen molar-refractivity contribution in [2.45, 2.75) is 5.75 Å². The Morgan fingerprint density at radius 3 is 2.33 bits per heavy atom. The van der Waals surface area contributed by atoms with E-state index in [9.17, 15) is 0 Å². The molecule has 0 saturated heterocycles. The van der Waals surface area contributed by atoms with Gasteiger partial charge in [0.05, 0.1) is 25.4 Å². The Hall–Kier alpha value is 1.17. The maximum Gasteiger partial charge on any atom is 0.0717 e. The molecule has 4 heterocycles. The highest BCUT2D eigenvalue weighted by Gasteiger charge is 2.31. The van der Waals surface area contributed by atoms with Gasteiger partial charge in [0.25, 0.3) is 0 Å². The van der Waals surface area contributed by atoms with Crippen molar-refractivity contribution in [1.82, 2.24) is 4.98 Å². The molecule has 3 aliphatic rings. The Labute approximate surface area is 176 Å². The first-order chi connectivity index (χ1) is 11.8. The van der Waals surface area contributed by atoms with Gasteiger partial charge in [-0.3, -0.25) is 4.98 Å². The fourth-order valence-electron chi connectivity index (χ4n) is 2.00. The van der Waals surface area contributed by atoms with Gasteiger partial charge in [0, 0.05) is 29.7 Å². The van der Waals surface area contributed by atoms with Gasteiger partial charge in [-0.1, -0.05) is 53.1 Å². The van der Waals surface area contributed by atoms with E-state index in [0.29, 0.717) is 0 Å². The molecule has 3 aliphatic heterocycles. The van der Waals surface area contributed by atoms with Crippen LogP contribution in [-0.2, 0) is 5.75 Å². The molecule has 0 radical (unpaired) electrons. The molecular formula is C15H13NS8. The quantitative estimate of drug-likeness (QED) is 0.446. The lowest BCUT2D eigenvalue weighted by Gasteiger charge is -2.08. The van der Waals surface area contributed by atoms with Crippen LogP contribution in [0.15, 0.2) is 49.9 Å². The van der Waals surface area contributed by atoms with E-state index >= 15 is 0 Å². The third-order valence-electron chi connectivity index (χ3n) is 3.07. The van der Waals surface area contributed by atoms with Crippen molar-refractivity contribution in [3.05, 3.63) is 55.5 Å². The fraction of sp³-hybridized carbons (Fsp3) is 0.267. The predicted molar refractivity (Wildman–Crippen MR) is 125 cm³/mol. The zero-order valence-electron chi connectivity index (χ0n) is 12.6. The van der Waals surface area contributed by atoms with Gasteiger partial charge in [-0.25, -0.2) is 0 Å². The molecule has 0 aromatic carbocycles. The second-order valence-electron chi connectivity index (χ2n) is 4.68. The number of rotatable bonds is 4. The monoisotopic (exact) mass is 463 g/mol. The van der Waals surface area contributed by atoms with E-state index in [1.54, 1.807) is 0 Å². The lowest BCUT2D eigenvalue weighted by Crippen LogP contribution is -1.88. The van der Waals surface area contributed by atoms with Crippen molar-refractivity contribution in [3.63, 3.8) is 0 Å². The molecule has 0 spiro atoms. The Kier molecular flexibility index (Phi) is 6.88. The smallest absolute Gasteiger partial charge is 0.0717 e. The largest absolute Gasteiger partial charge is 0.264 e. The molecule has 24 heavy (non-hydrogen) atoms. The van der Waals surface area contributed by atoms with E-state index in [4.69, 9.17) is 0 Å². The van der Waals surface area contributed by atoms with Crippen LogP contribution in [0.5, 0.6) is 0 Å². The standard InChI is InChI=1S/C15H13NS8/c1-17-10-11(20-8-9-3-2-4-16-7-9)22-14(21-10)15-23-12-13(24-15)19-6-5-18-12/h2-4,7H,5-6,8H2,1H3. The van der Waals surface area contributed by atoms with E-state index in [2.05, 4.69) is 17.3 Å². The highest BCUT2D eigenvalue weighted by atomic mass is 32.3. The van der Waals surface area contributed by atoms with Crippen molar-refractivity contribution in [1.29, 1.82) is 0 Å². The molecule has 0 unspecified atom stereocenters. The zero-order chi connectivity index (χ0) is 16.4. The van der Waals surface area contributed by atoms with E-state index < -0.39 is 0 Å². The Balaban J connectivity index is 1.44. The number of hydrogen-bond donors (Lipinski definition) is 0. The number of pyridine rings is 1. The summed E-state index contributed by atoms with van der Waals surface area (Å²) >= 11 is 15.8. The van der Waals surface area contributed by atoms with Gasteiger partial charge in [0.15, 0.2) is 0 Å². The summed E-state index contributed by atoms with van der Waals surface area (Å²) in [6.07, 6.45) is 5.99. The third kappa shape index (κ3) is 4.35. The molecule has 0 bridgehead atoms. The van der Waals surface area contributed by atoms with Crippen LogP contribution in [0.4, 0.5) is 0 Å². The van der Waals surface area contributed by atoms with Crippen molar-refractivity contribution < 1.29 is 0 Å². The maximum atomic E-state index is 4.22. The zero-order valence-corrected chi connectivity index (χ0v) is 19.2. The number of aromatic nitrogens is 1. The van der Waals surface area contributed by atoms with E-state index in [0.717, 1.165) is 5.75 Å². The van der Waals surface area contributed by atoms with Gasteiger partial charge in [-0.2, -0.15) is 0 Å². The second kappa shape index (κ2) is 8.91. The maximum absolute atomic E-state index is 4.22. The minimum absolute atomic E-state index is 0.990. The summed E-state index contributed by atoms with van der Waals surface area (Å²) in [7, 11) is 0. The first-order valence-corrected chi connectivity index (χ1v) is 14.5. The highest BCUT2D eigenvalue weighted by Crippen LogP contribution is 2.66. The average Bonchev–Trinajstić information content (AvgIpc) is 3.24. The van der Waals surface area contributed by atoms with Gasteiger partial charge >= 0.3 is 0 Å². The van der Waals surface area contributed by atoms with Crippen LogP contribution >= 0.6 is 94.1 Å². The van der Waals surface area contributed by atoms with Crippen LogP contribution in [0, 0.1) is 0 Å². The minimum Gasteiger partial charge on any atom is -0.264 e. The number of nitrogens with zero attached hydrogens (tertiary/aromatic N) is 1. The summed E-state index contributed by atoms with van der Waals surface area (Å²) in [4.78, 5) is 4.22. The molecule has 0 aliphatic carbocycles. The van der Waals surface area contributed by atoms with Gasteiger partial charge < -0.3 is 0 Å². The van der Waals surface area contributed by atoms with Crippen LogP contribution in [0.1, 0.15) is 5.56 Å². The van der Waals surface area contributed by atoms with Crippen molar-refractivity contribution in [3.8, 4) is 0 Å². The fourth-order valence-corrected chi connectivity index (χ4v) is 13.6. The minimum atomic E-state index is 0.990. The topological polar surface area (TPSA) is 12.9 Å². The van der Waals surface area contributed by atoms with Crippen molar-refractivity contribution in [2.75, 3.05) is 17.8 Å². The predicted octanol–water partition coefficient (Wildman–Crippen LogP) is 7.50. The van der Waals surface area contributed by atoms with Crippen molar-refractivity contribution >= 4 is 94.1 Å². The normalized spacial score (nSPS) is 21.0. The molecule has 0 amide bonds. The van der Waals surface area contributed by atoms with E-state index in [1.807, 2.05) is 113 Å². The molecule has 0 N–H and O–H groups in total. The Morgan fingerprint density at radius 2 is 1.67 bits per heavy atom. The first-order valence-electron chi connectivity index (χ1n) is 7.09. The van der Waals surface area contributed by atoms with Crippen LogP contribution in [0.25, 0.3) is 0 Å². The first kappa shape index (κ1) is 18.5. The summed E-state index contributed by atoms with van der Waals surface area (Å²) in [6.45, 7) is 0. The Bertz CT molecular complexity index is 704. The molecular weight excluding hydrogens is 451 g/mol. The van der Waals surface area contributed by atoms with Crippen LogP contribution < -0.4 is 0 Å². The SMILES string of the molecule is CSC1=C(SCc2cccnc2)SC(=C2SC3=C(SCCS3)S2)S1. The lowest BCUT2D eigenvalue weighted by molar-refractivity contribution is 1.25. The van der Waals surface area contributed by atoms with Crippen LogP contribution in [0.2, 0.25) is 0 Å². The number of thioether (sulfide) groups is 8. The molecule has 9 heteroatoms. The summed E-state index contributed by atoms with van der Waals surface area (Å²) in [5.74, 6) is 3.49. The van der Waals surface area contributed by atoms with Crippen molar-refractivity contribution in [2.24, 2.45) is 0 Å². The van der Waals surface area contributed by atoms with Gasteiger partial charge in [-0.05, 0) is 17.9 Å². The average molecular weight is 464 g/mol. The molecule has 1 aromatic rings. The van der Waals surface area contributed by atoms with E-state index in [-0.39, 0.29) is 0 Å². The summed E-state index contributed by atoms with van der Waals surface area (Å²) in [5.41, 5.74) is 1.29. The van der Waals surface area contributed by atoms with Gasteiger partial charge in [-0.15, -0.1) is 47.0 Å². The third-order valence-corrected chi connectivity index (χ3v) is 14.8. The highest BCUT2D eigenvalue weighted by molar-refractivity contribution is 8.45. The molecule has 126 valence electrons.